The van der Waals surface area contributed by atoms with E-state index < -0.39 is 0 Å². The summed E-state index contributed by atoms with van der Waals surface area (Å²) >= 11 is 6.16. The molecule has 10 heteroatoms. The van der Waals surface area contributed by atoms with Crippen LogP contribution in [0.5, 0.6) is 46.0 Å². The molecule has 0 saturated carbocycles. The summed E-state index contributed by atoms with van der Waals surface area (Å²) in [4.78, 5) is 7.22. The fourth-order valence-corrected chi connectivity index (χ4v) is 8.74. The van der Waals surface area contributed by atoms with Crippen LogP contribution in [-0.4, -0.2) is 80.3 Å². The van der Waals surface area contributed by atoms with Gasteiger partial charge in [0.05, 0.1) is 20.3 Å². The van der Waals surface area contributed by atoms with Crippen LogP contribution in [0.4, 0.5) is 0 Å². The van der Waals surface area contributed by atoms with E-state index in [9.17, 15) is 0 Å². The minimum absolute atomic E-state index is 0.0469. The molecule has 2 atom stereocenters. The Morgan fingerprint density at radius 2 is 1.51 bits per heavy atom. The van der Waals surface area contributed by atoms with Gasteiger partial charge < -0.3 is 38.8 Å². The SMILES string of the molecule is CCN(CC)CCCNC(=S)N1CCc2cc3c4cc2[C@@H]1Cc1ccc(OC)c(c1)Oc1ccc(cc1)C[C@H]1c2c(cc(OC)c(c2O4)O3)CCN1C. The van der Waals surface area contributed by atoms with Crippen molar-refractivity contribution < 1.29 is 23.7 Å². The number of thiocarbonyl (C=S) groups is 1. The van der Waals surface area contributed by atoms with Crippen LogP contribution in [0.3, 0.4) is 0 Å². The Morgan fingerprint density at radius 1 is 0.792 bits per heavy atom. The molecular formula is C43H50N4O5S. The van der Waals surface area contributed by atoms with E-state index in [1.807, 2.05) is 18.2 Å². The zero-order chi connectivity index (χ0) is 36.6. The second-order valence-corrected chi connectivity index (χ2v) is 14.9. The maximum Gasteiger partial charge on any atom is 0.212 e. The van der Waals surface area contributed by atoms with Gasteiger partial charge in [0.25, 0.3) is 0 Å². The number of rotatable bonds is 8. The number of fused-ring (bicyclic) bond motifs is 2. The van der Waals surface area contributed by atoms with Crippen molar-refractivity contribution in [2.45, 2.75) is 58.0 Å². The van der Waals surface area contributed by atoms with E-state index in [1.54, 1.807) is 14.2 Å². The van der Waals surface area contributed by atoms with Gasteiger partial charge in [0, 0.05) is 31.2 Å². The molecule has 0 aliphatic carbocycles. The van der Waals surface area contributed by atoms with Gasteiger partial charge in [-0.3, -0.25) is 4.90 Å². The van der Waals surface area contributed by atoms with Crippen LogP contribution in [0.25, 0.3) is 0 Å². The number of hydrogen-bond acceptors (Lipinski definition) is 8. The monoisotopic (exact) mass is 734 g/mol. The first-order valence-corrected chi connectivity index (χ1v) is 19.4. The lowest BCUT2D eigenvalue weighted by molar-refractivity contribution is 0.219. The normalized spacial score (nSPS) is 18.4. The van der Waals surface area contributed by atoms with Crippen molar-refractivity contribution in [3.8, 4) is 46.0 Å². The zero-order valence-electron chi connectivity index (χ0n) is 31.5. The lowest BCUT2D eigenvalue weighted by Crippen LogP contribution is -2.46. The number of nitrogens with one attached hydrogen (secondary N) is 1. The highest BCUT2D eigenvalue weighted by molar-refractivity contribution is 7.80. The van der Waals surface area contributed by atoms with E-state index in [0.29, 0.717) is 40.9 Å². The van der Waals surface area contributed by atoms with E-state index in [2.05, 4.69) is 83.4 Å². The second kappa shape index (κ2) is 15.1. The lowest BCUT2D eigenvalue weighted by Gasteiger charge is -2.41. The van der Waals surface area contributed by atoms with Crippen LogP contribution in [0.2, 0.25) is 0 Å². The molecule has 5 aliphatic rings. The number of benzene rings is 4. The fourth-order valence-electron chi connectivity index (χ4n) is 8.42. The van der Waals surface area contributed by atoms with E-state index in [4.69, 9.17) is 35.9 Å². The Kier molecular flexibility index (Phi) is 10.1. The maximum atomic E-state index is 7.04. The Hall–Kier alpha value is -4.51. The molecule has 1 N–H and O–H groups in total. The molecule has 0 unspecified atom stereocenters. The Morgan fingerprint density at radius 3 is 2.28 bits per heavy atom. The van der Waals surface area contributed by atoms with Gasteiger partial charge in [-0.2, -0.15) is 0 Å². The predicted octanol–water partition coefficient (Wildman–Crippen LogP) is 8.23. The van der Waals surface area contributed by atoms with Crippen molar-refractivity contribution in [3.05, 3.63) is 94.0 Å². The van der Waals surface area contributed by atoms with Crippen molar-refractivity contribution in [1.82, 2.24) is 20.0 Å². The average Bonchev–Trinajstić information content (AvgIpc) is 3.17. The van der Waals surface area contributed by atoms with Gasteiger partial charge in [0.1, 0.15) is 5.75 Å². The largest absolute Gasteiger partial charge is 0.493 e. The predicted molar refractivity (Wildman–Crippen MR) is 212 cm³/mol. The second-order valence-electron chi connectivity index (χ2n) is 14.5. The molecule has 9 rings (SSSR count). The Balaban J connectivity index is 1.23. The molecule has 4 aromatic rings. The van der Waals surface area contributed by atoms with Gasteiger partial charge in [-0.15, -0.1) is 0 Å². The summed E-state index contributed by atoms with van der Waals surface area (Å²) in [5.74, 6) is 5.66. The number of likely N-dealkylation sites (N-methyl/N-ethyl adjacent to an activating group) is 1. The third-order valence-corrected chi connectivity index (χ3v) is 11.8. The molecule has 0 radical (unpaired) electrons. The number of ether oxygens (including phenoxy) is 5. The standard InChI is InChI=1S/C43H50N4O5S/c1-6-46(7-2)18-8-17-44-43(53)47-20-16-29-24-37-38-26-32(29)33(47)22-28-11-14-35(48-4)36(23-28)50-31-12-9-27(10-13-31)21-34-40-30(15-19-45(34)3)25-39(49-5)41(51-37)42(40)52-38/h9-14,23-26,33-34H,6-8,15-22H2,1-5H3,(H,44,53)/t33-,34-/m0/s1. The van der Waals surface area contributed by atoms with Crippen LogP contribution in [0.15, 0.2) is 60.7 Å². The van der Waals surface area contributed by atoms with Crippen LogP contribution >= 0.6 is 12.2 Å². The summed E-state index contributed by atoms with van der Waals surface area (Å²) in [5.41, 5.74) is 7.14. The van der Waals surface area contributed by atoms with Crippen molar-refractivity contribution >= 4 is 17.3 Å². The molecule has 278 valence electrons. The van der Waals surface area contributed by atoms with Gasteiger partial charge in [0.15, 0.2) is 39.6 Å². The number of methoxy groups -OCH3 is 2. The quantitative estimate of drug-likeness (QED) is 0.125. The third-order valence-electron chi connectivity index (χ3n) is 11.5. The number of nitrogens with zero attached hydrogens (tertiary/aromatic N) is 3. The van der Waals surface area contributed by atoms with Gasteiger partial charge in [-0.1, -0.05) is 32.0 Å². The average molecular weight is 735 g/mol. The first-order chi connectivity index (χ1) is 25.9. The van der Waals surface area contributed by atoms with E-state index in [1.165, 1.54) is 22.3 Å². The Labute approximate surface area is 318 Å². The summed E-state index contributed by atoms with van der Waals surface area (Å²) in [5, 5.41) is 4.39. The minimum Gasteiger partial charge on any atom is -0.493 e. The van der Waals surface area contributed by atoms with Crippen molar-refractivity contribution in [3.63, 3.8) is 0 Å². The topological polar surface area (TPSA) is 67.9 Å². The van der Waals surface area contributed by atoms with Crippen LogP contribution in [0.1, 0.15) is 65.7 Å². The van der Waals surface area contributed by atoms with Crippen molar-refractivity contribution in [2.75, 3.05) is 60.5 Å². The molecule has 7 bridgehead atoms. The Bertz CT molecular complexity index is 2000. The zero-order valence-corrected chi connectivity index (χ0v) is 32.3. The van der Waals surface area contributed by atoms with Crippen LogP contribution in [0, 0.1) is 0 Å². The molecule has 5 aliphatic heterocycles. The van der Waals surface area contributed by atoms with Gasteiger partial charge in [-0.25, -0.2) is 0 Å². The lowest BCUT2D eigenvalue weighted by atomic mass is 9.86. The molecular weight excluding hydrogens is 685 g/mol. The molecule has 0 spiro atoms. The van der Waals surface area contributed by atoms with Gasteiger partial charge >= 0.3 is 0 Å². The number of hydrogen-bond donors (Lipinski definition) is 1. The third kappa shape index (κ3) is 6.88. The van der Waals surface area contributed by atoms with Gasteiger partial charge in [-0.05, 0) is 141 Å². The van der Waals surface area contributed by atoms with Gasteiger partial charge in [0.2, 0.25) is 5.75 Å². The van der Waals surface area contributed by atoms with Crippen LogP contribution < -0.4 is 29.0 Å². The molecule has 0 fully saturated rings. The summed E-state index contributed by atoms with van der Waals surface area (Å²) in [6.07, 6.45) is 4.27. The van der Waals surface area contributed by atoms with Crippen molar-refractivity contribution in [2.24, 2.45) is 0 Å². The van der Waals surface area contributed by atoms with Crippen molar-refractivity contribution in [1.29, 1.82) is 0 Å². The molecule has 0 amide bonds. The molecule has 5 heterocycles. The highest BCUT2D eigenvalue weighted by atomic mass is 32.1. The molecule has 0 aromatic heterocycles. The molecule has 4 aromatic carbocycles. The summed E-state index contributed by atoms with van der Waals surface area (Å²) in [7, 11) is 5.59. The van der Waals surface area contributed by atoms with E-state index >= 15 is 0 Å². The smallest absolute Gasteiger partial charge is 0.212 e. The molecule has 53 heavy (non-hydrogen) atoms. The summed E-state index contributed by atoms with van der Waals surface area (Å²) in [6.45, 7) is 10.1. The first-order valence-electron chi connectivity index (χ1n) is 19.0. The highest BCUT2D eigenvalue weighted by Gasteiger charge is 2.38. The summed E-state index contributed by atoms with van der Waals surface area (Å²) < 4.78 is 32.1. The first kappa shape index (κ1) is 35.5. The molecule has 9 nitrogen and oxygen atoms in total. The van der Waals surface area contributed by atoms with Crippen LogP contribution in [-0.2, 0) is 25.7 Å². The van der Waals surface area contributed by atoms with E-state index in [0.717, 1.165) is 92.7 Å². The maximum absolute atomic E-state index is 7.04. The highest BCUT2D eigenvalue weighted by Crippen LogP contribution is 2.56. The minimum atomic E-state index is -0.0469. The summed E-state index contributed by atoms with van der Waals surface area (Å²) in [6, 6.07) is 21.2. The van der Waals surface area contributed by atoms with E-state index in [-0.39, 0.29) is 12.1 Å². The molecule has 0 saturated heterocycles. The fraction of sp³-hybridized carbons (Fsp3) is 0.419.